The largest absolute Gasteiger partial charge is 0.294 e. The van der Waals surface area contributed by atoms with Crippen LogP contribution in [0.15, 0.2) is 12.1 Å². The minimum absolute atomic E-state index is 0.532. The van der Waals surface area contributed by atoms with Crippen LogP contribution in [-0.4, -0.2) is 22.5 Å². The third-order valence-electron chi connectivity index (χ3n) is 3.41. The van der Waals surface area contributed by atoms with Crippen molar-refractivity contribution in [3.8, 4) is 0 Å². The standard InChI is InChI=1S/C13H19ClN2/c1-9(2)16-8-4-5-12(16)11-6-7-13(14)15-10(11)3/h6-7,9,12H,4-5,8H2,1-3H3. The molecule has 0 bridgehead atoms. The van der Waals surface area contributed by atoms with Crippen LogP contribution in [0.5, 0.6) is 0 Å². The lowest BCUT2D eigenvalue weighted by atomic mass is 10.0. The Morgan fingerprint density at radius 3 is 2.81 bits per heavy atom. The van der Waals surface area contributed by atoms with Gasteiger partial charge in [0.1, 0.15) is 5.15 Å². The molecule has 88 valence electrons. The van der Waals surface area contributed by atoms with Crippen molar-refractivity contribution in [2.45, 2.75) is 45.7 Å². The number of aryl methyl sites for hydroxylation is 1. The molecule has 3 heteroatoms. The van der Waals surface area contributed by atoms with Crippen molar-refractivity contribution in [2.24, 2.45) is 0 Å². The zero-order valence-electron chi connectivity index (χ0n) is 10.2. The average Bonchev–Trinajstić information content (AvgIpc) is 2.66. The molecule has 0 aliphatic carbocycles. The van der Waals surface area contributed by atoms with Crippen molar-refractivity contribution < 1.29 is 0 Å². The Bertz CT molecular complexity index is 376. The topological polar surface area (TPSA) is 16.1 Å². The van der Waals surface area contributed by atoms with Gasteiger partial charge in [-0.3, -0.25) is 4.90 Å². The van der Waals surface area contributed by atoms with E-state index < -0.39 is 0 Å². The Balaban J connectivity index is 2.29. The Labute approximate surface area is 103 Å². The van der Waals surface area contributed by atoms with Gasteiger partial charge in [-0.25, -0.2) is 4.98 Å². The lowest BCUT2D eigenvalue weighted by molar-refractivity contribution is 0.204. The van der Waals surface area contributed by atoms with E-state index in [0.717, 1.165) is 5.69 Å². The van der Waals surface area contributed by atoms with Crippen molar-refractivity contribution in [3.05, 3.63) is 28.5 Å². The van der Waals surface area contributed by atoms with Crippen molar-refractivity contribution in [2.75, 3.05) is 6.54 Å². The molecular formula is C13H19ClN2. The van der Waals surface area contributed by atoms with Crippen molar-refractivity contribution in [1.82, 2.24) is 9.88 Å². The molecule has 0 spiro atoms. The lowest BCUT2D eigenvalue weighted by Crippen LogP contribution is -2.30. The maximum Gasteiger partial charge on any atom is 0.129 e. The van der Waals surface area contributed by atoms with Gasteiger partial charge in [-0.05, 0) is 51.8 Å². The van der Waals surface area contributed by atoms with Crippen LogP contribution in [0.4, 0.5) is 0 Å². The van der Waals surface area contributed by atoms with E-state index >= 15 is 0 Å². The molecule has 1 atom stereocenters. The Morgan fingerprint density at radius 2 is 2.19 bits per heavy atom. The maximum absolute atomic E-state index is 5.90. The molecule has 2 heterocycles. The summed E-state index contributed by atoms with van der Waals surface area (Å²) in [4.78, 5) is 6.90. The quantitative estimate of drug-likeness (QED) is 0.732. The molecule has 1 aliphatic rings. The molecule has 0 radical (unpaired) electrons. The van der Waals surface area contributed by atoms with E-state index in [-0.39, 0.29) is 0 Å². The molecule has 2 rings (SSSR count). The summed E-state index contributed by atoms with van der Waals surface area (Å²) in [6.45, 7) is 7.77. The van der Waals surface area contributed by atoms with Gasteiger partial charge in [0.25, 0.3) is 0 Å². The maximum atomic E-state index is 5.90. The highest BCUT2D eigenvalue weighted by atomic mass is 35.5. The van der Waals surface area contributed by atoms with Gasteiger partial charge in [-0.1, -0.05) is 17.7 Å². The summed E-state index contributed by atoms with van der Waals surface area (Å²) in [5, 5.41) is 0.593. The second-order valence-corrected chi connectivity index (χ2v) is 5.19. The smallest absolute Gasteiger partial charge is 0.129 e. The number of rotatable bonds is 2. The average molecular weight is 239 g/mol. The highest BCUT2D eigenvalue weighted by Crippen LogP contribution is 2.34. The van der Waals surface area contributed by atoms with Crippen molar-refractivity contribution in [1.29, 1.82) is 0 Å². The van der Waals surface area contributed by atoms with E-state index in [9.17, 15) is 0 Å². The lowest BCUT2D eigenvalue weighted by Gasteiger charge is -2.29. The number of likely N-dealkylation sites (tertiary alicyclic amines) is 1. The first kappa shape index (κ1) is 11.9. The summed E-state index contributed by atoms with van der Waals surface area (Å²) in [6.07, 6.45) is 2.52. The summed E-state index contributed by atoms with van der Waals surface area (Å²) < 4.78 is 0. The first-order valence-corrected chi connectivity index (χ1v) is 6.36. The molecule has 1 unspecified atom stereocenters. The van der Waals surface area contributed by atoms with Gasteiger partial charge < -0.3 is 0 Å². The SMILES string of the molecule is Cc1nc(Cl)ccc1C1CCCN1C(C)C. The third kappa shape index (κ3) is 2.23. The first-order valence-electron chi connectivity index (χ1n) is 5.98. The highest BCUT2D eigenvalue weighted by Gasteiger charge is 2.28. The Hall–Kier alpha value is -0.600. The van der Waals surface area contributed by atoms with E-state index in [1.807, 2.05) is 6.07 Å². The van der Waals surface area contributed by atoms with Crippen LogP contribution in [0, 0.1) is 6.92 Å². The minimum atomic E-state index is 0.532. The minimum Gasteiger partial charge on any atom is -0.294 e. The molecule has 1 saturated heterocycles. The summed E-state index contributed by atoms with van der Waals surface area (Å²) in [5.41, 5.74) is 2.42. The Kier molecular flexibility index (Phi) is 3.50. The van der Waals surface area contributed by atoms with Crippen LogP contribution in [0.25, 0.3) is 0 Å². The van der Waals surface area contributed by atoms with E-state index in [0.29, 0.717) is 17.2 Å². The van der Waals surface area contributed by atoms with Gasteiger partial charge in [-0.2, -0.15) is 0 Å². The van der Waals surface area contributed by atoms with E-state index in [1.54, 1.807) is 0 Å². The Morgan fingerprint density at radius 1 is 1.44 bits per heavy atom. The van der Waals surface area contributed by atoms with E-state index in [2.05, 4.69) is 36.7 Å². The second kappa shape index (κ2) is 4.72. The summed E-state index contributed by atoms with van der Waals surface area (Å²) >= 11 is 5.90. The molecule has 1 aliphatic heterocycles. The molecule has 1 aromatic heterocycles. The van der Waals surface area contributed by atoms with E-state index in [1.165, 1.54) is 24.9 Å². The van der Waals surface area contributed by atoms with Crippen molar-refractivity contribution in [3.63, 3.8) is 0 Å². The summed E-state index contributed by atoms with van der Waals surface area (Å²) in [6, 6.07) is 5.17. The molecule has 0 N–H and O–H groups in total. The molecular weight excluding hydrogens is 220 g/mol. The fourth-order valence-electron chi connectivity index (χ4n) is 2.63. The van der Waals surface area contributed by atoms with Gasteiger partial charge >= 0.3 is 0 Å². The van der Waals surface area contributed by atoms with Gasteiger partial charge in [0.2, 0.25) is 0 Å². The molecule has 0 aromatic carbocycles. The predicted octanol–water partition coefficient (Wildman–Crippen LogP) is 3.59. The summed E-state index contributed by atoms with van der Waals surface area (Å²) in [7, 11) is 0. The van der Waals surface area contributed by atoms with Crippen LogP contribution in [0.1, 0.15) is 44.0 Å². The number of aromatic nitrogens is 1. The summed E-state index contributed by atoms with van der Waals surface area (Å²) in [5.74, 6) is 0. The third-order valence-corrected chi connectivity index (χ3v) is 3.62. The number of hydrogen-bond donors (Lipinski definition) is 0. The molecule has 0 amide bonds. The zero-order chi connectivity index (χ0) is 11.7. The first-order chi connectivity index (χ1) is 7.59. The second-order valence-electron chi connectivity index (χ2n) is 4.80. The van der Waals surface area contributed by atoms with Gasteiger partial charge in [0, 0.05) is 17.8 Å². The molecule has 0 saturated carbocycles. The normalized spacial score (nSPS) is 21.9. The molecule has 1 aromatic rings. The molecule has 1 fully saturated rings. The fraction of sp³-hybridized carbons (Fsp3) is 0.615. The molecule has 2 nitrogen and oxygen atoms in total. The van der Waals surface area contributed by atoms with Crippen molar-refractivity contribution >= 4 is 11.6 Å². The van der Waals surface area contributed by atoms with Crippen LogP contribution in [0.3, 0.4) is 0 Å². The van der Waals surface area contributed by atoms with Crippen LogP contribution >= 0.6 is 11.6 Å². The van der Waals surface area contributed by atoms with E-state index in [4.69, 9.17) is 11.6 Å². The fourth-order valence-corrected chi connectivity index (χ4v) is 2.82. The number of halogens is 1. The predicted molar refractivity (Wildman–Crippen MR) is 67.8 cm³/mol. The van der Waals surface area contributed by atoms with Crippen LogP contribution < -0.4 is 0 Å². The van der Waals surface area contributed by atoms with Crippen LogP contribution in [-0.2, 0) is 0 Å². The number of hydrogen-bond acceptors (Lipinski definition) is 2. The molecule has 16 heavy (non-hydrogen) atoms. The van der Waals surface area contributed by atoms with Gasteiger partial charge in [0.15, 0.2) is 0 Å². The highest BCUT2D eigenvalue weighted by molar-refractivity contribution is 6.29. The van der Waals surface area contributed by atoms with Gasteiger partial charge in [0.05, 0.1) is 0 Å². The number of pyridine rings is 1. The monoisotopic (exact) mass is 238 g/mol. The zero-order valence-corrected chi connectivity index (χ0v) is 11.0. The van der Waals surface area contributed by atoms with Crippen LogP contribution in [0.2, 0.25) is 5.15 Å². The number of nitrogens with zero attached hydrogens (tertiary/aromatic N) is 2. The van der Waals surface area contributed by atoms with Gasteiger partial charge in [-0.15, -0.1) is 0 Å².